The molecule has 0 bridgehead atoms. The molecule has 0 aliphatic rings. The third-order valence-corrected chi connectivity index (χ3v) is 6.74. The Morgan fingerprint density at radius 1 is 0.595 bits per heavy atom. The number of aryl methyl sites for hydroxylation is 4. The summed E-state index contributed by atoms with van der Waals surface area (Å²) >= 11 is 0. The number of amidine groups is 2. The minimum absolute atomic E-state index is 0.0943. The highest BCUT2D eigenvalue weighted by Crippen LogP contribution is 2.41. The van der Waals surface area contributed by atoms with Crippen molar-refractivity contribution in [3.63, 3.8) is 0 Å². The molecule has 0 saturated carbocycles. The monoisotopic (exact) mass is 618 g/mol. The second-order valence-corrected chi connectivity index (χ2v) is 12.7. The molecular weight excluding hydrogens is 584 g/mol. The smallest absolute Gasteiger partial charge is 0.310 e. The summed E-state index contributed by atoms with van der Waals surface area (Å²) in [7, 11) is -5.11. The summed E-state index contributed by atoms with van der Waals surface area (Å²) in [6.07, 6.45) is 1.83. The number of rotatable bonds is 8. The van der Waals surface area contributed by atoms with Gasteiger partial charge in [-0.3, -0.25) is 0 Å². The summed E-state index contributed by atoms with van der Waals surface area (Å²) in [4.78, 5) is 0. The first-order chi connectivity index (χ1) is 19.6. The number of benzene rings is 3. The van der Waals surface area contributed by atoms with Crippen molar-refractivity contribution in [2.75, 3.05) is 37.4 Å². The Bertz CT molecular complexity index is 1580. The molecule has 226 valence electrons. The van der Waals surface area contributed by atoms with Crippen molar-refractivity contribution >= 4 is 43.5 Å². The minimum Gasteiger partial charge on any atom is -0.494 e. The van der Waals surface area contributed by atoms with Gasteiger partial charge in [0.1, 0.15) is 34.4 Å². The third kappa shape index (κ3) is 8.60. The fourth-order valence-electron chi connectivity index (χ4n) is 3.92. The molecule has 3 aromatic carbocycles. The van der Waals surface area contributed by atoms with Gasteiger partial charge in [-0.1, -0.05) is 36.4 Å². The van der Waals surface area contributed by atoms with Crippen LogP contribution in [-0.4, -0.2) is 55.6 Å². The van der Waals surface area contributed by atoms with Gasteiger partial charge in [-0.15, -0.1) is 8.80 Å². The van der Waals surface area contributed by atoms with Gasteiger partial charge in [0.2, 0.25) is 0 Å². The van der Waals surface area contributed by atoms with Gasteiger partial charge in [-0.2, -0.15) is 0 Å². The van der Waals surface area contributed by atoms with Crippen LogP contribution in [0.5, 0.6) is 23.0 Å². The molecule has 0 spiro atoms. The van der Waals surface area contributed by atoms with Gasteiger partial charge >= 0.3 is 12.0 Å². The van der Waals surface area contributed by atoms with E-state index in [0.717, 1.165) is 34.8 Å². The first-order valence-electron chi connectivity index (χ1n) is 12.5. The molecule has 2 N–H and O–H groups in total. The minimum atomic E-state index is -3.95. The summed E-state index contributed by atoms with van der Waals surface area (Å²) in [5, 5.41) is 5.75. The summed E-state index contributed by atoms with van der Waals surface area (Å²) in [6, 6.07) is 13.2. The van der Waals surface area contributed by atoms with Gasteiger partial charge in [-0.25, -0.2) is 16.8 Å². The number of hydrogen-bond acceptors (Lipinski definition) is 8. The molecule has 0 fully saturated rings. The molecule has 12 nitrogen and oxygen atoms in total. The van der Waals surface area contributed by atoms with E-state index in [0.29, 0.717) is 11.5 Å². The number of nitrogens with zero attached hydrogens (tertiary/aromatic N) is 2. The Hall–Kier alpha value is -4.30. The predicted octanol–water partition coefficient (Wildman–Crippen LogP) is 4.55. The van der Waals surface area contributed by atoms with Gasteiger partial charge in [-0.05, 0) is 62.1 Å². The molecule has 3 rings (SSSR count). The Labute approximate surface area is 246 Å². The van der Waals surface area contributed by atoms with Crippen molar-refractivity contribution in [1.29, 1.82) is 0 Å². The average Bonchev–Trinajstić information content (AvgIpc) is 2.87. The fraction of sp³-hybridized carbons (Fsp3) is 0.286. The van der Waals surface area contributed by atoms with E-state index in [1.165, 1.54) is 14.2 Å². The molecule has 0 unspecified atom stereocenters. The Morgan fingerprint density at radius 2 is 0.905 bits per heavy atom. The van der Waals surface area contributed by atoms with Crippen molar-refractivity contribution in [3.05, 3.63) is 70.8 Å². The Balaban J connectivity index is 2.21. The molecule has 0 heterocycles. The Kier molecular flexibility index (Phi) is 10.1. The van der Waals surface area contributed by atoms with E-state index >= 15 is 0 Å². The van der Waals surface area contributed by atoms with E-state index < -0.39 is 32.1 Å². The number of ether oxygens (including phenoxy) is 4. The molecule has 0 aliphatic heterocycles. The largest absolute Gasteiger partial charge is 0.494 e. The number of anilines is 2. The number of nitrogens with one attached hydrogen (secondary N) is 2. The van der Waals surface area contributed by atoms with Crippen LogP contribution >= 0.6 is 0 Å². The normalized spacial score (nSPS) is 12.5. The van der Waals surface area contributed by atoms with Crippen molar-refractivity contribution < 1.29 is 35.8 Å². The van der Waals surface area contributed by atoms with E-state index in [9.17, 15) is 16.8 Å². The van der Waals surface area contributed by atoms with E-state index in [2.05, 4.69) is 19.4 Å². The molecule has 0 saturated heterocycles. The standard InChI is InChI=1S/C28H34N4O8S2/c1-17-11-9-12-18(2)25(17)39-27(31-41(7,33)34)29-23-21(37-5)15-16-22(38-6)24(23)30-28(32-42(8,35)36)40-26-19(3)13-10-14-20(26)4/h9-16H,1-8H3,(H,29,31)(H,30,32). The van der Waals surface area contributed by atoms with Gasteiger partial charge in [0.25, 0.3) is 20.0 Å². The molecule has 0 aromatic heterocycles. The number of sulfonamides is 2. The molecule has 3 aromatic rings. The maximum atomic E-state index is 12.3. The van der Waals surface area contributed by atoms with Crippen LogP contribution in [0.4, 0.5) is 11.4 Å². The second kappa shape index (κ2) is 13.1. The van der Waals surface area contributed by atoms with Crippen LogP contribution in [0.15, 0.2) is 57.3 Å². The highest BCUT2D eigenvalue weighted by molar-refractivity contribution is 7.89. The third-order valence-electron chi connectivity index (χ3n) is 5.75. The maximum Gasteiger partial charge on any atom is 0.310 e. The predicted molar refractivity (Wildman–Crippen MR) is 164 cm³/mol. The highest BCUT2D eigenvalue weighted by Gasteiger charge is 2.23. The zero-order valence-electron chi connectivity index (χ0n) is 24.6. The number of para-hydroxylation sites is 2. The van der Waals surface area contributed by atoms with Crippen LogP contribution in [0.2, 0.25) is 0 Å². The van der Waals surface area contributed by atoms with Crippen molar-refractivity contribution in [1.82, 2.24) is 0 Å². The summed E-state index contributed by atoms with van der Waals surface area (Å²) < 4.78 is 79.6. The molecular formula is C28H34N4O8S2. The SMILES string of the molecule is COc1ccc(OC)c(N/C(=N\S(C)(=O)=O)Oc2c(C)cccc2C)c1N/C(=N\S(C)(=O)=O)Oc1c(C)cccc1C. The first kappa shape index (κ1) is 32.2. The molecule has 42 heavy (non-hydrogen) atoms. The zero-order valence-corrected chi connectivity index (χ0v) is 26.2. The van der Waals surface area contributed by atoms with Crippen molar-refractivity contribution in [3.8, 4) is 23.0 Å². The van der Waals surface area contributed by atoms with E-state index in [1.54, 1.807) is 64.1 Å². The van der Waals surface area contributed by atoms with Crippen LogP contribution in [0, 0.1) is 27.7 Å². The molecule has 0 amide bonds. The zero-order chi connectivity index (χ0) is 31.2. The summed E-state index contributed by atoms with van der Waals surface area (Å²) in [5.74, 6) is 1.19. The van der Waals surface area contributed by atoms with Crippen LogP contribution in [0.3, 0.4) is 0 Å². The van der Waals surface area contributed by atoms with Crippen LogP contribution in [0.25, 0.3) is 0 Å². The van der Waals surface area contributed by atoms with Crippen LogP contribution in [-0.2, 0) is 20.0 Å². The van der Waals surface area contributed by atoms with Gasteiger partial charge < -0.3 is 29.6 Å². The molecule has 0 radical (unpaired) electrons. The fourth-order valence-corrected chi connectivity index (χ4v) is 4.68. The second-order valence-electron chi connectivity index (χ2n) is 9.37. The van der Waals surface area contributed by atoms with Crippen molar-refractivity contribution in [2.24, 2.45) is 8.80 Å². The summed E-state index contributed by atoms with van der Waals surface area (Å²) in [6.45, 7) is 7.22. The Morgan fingerprint density at radius 3 is 1.17 bits per heavy atom. The molecule has 14 heteroatoms. The maximum absolute atomic E-state index is 12.3. The molecule has 0 atom stereocenters. The van der Waals surface area contributed by atoms with E-state index in [1.807, 2.05) is 12.1 Å². The summed E-state index contributed by atoms with van der Waals surface area (Å²) in [5.41, 5.74) is 3.13. The van der Waals surface area contributed by atoms with Gasteiger partial charge in [0, 0.05) is 0 Å². The quantitative estimate of drug-likeness (QED) is 0.271. The van der Waals surface area contributed by atoms with Gasteiger partial charge in [0.15, 0.2) is 0 Å². The van der Waals surface area contributed by atoms with Crippen LogP contribution < -0.4 is 29.6 Å². The topological polar surface area (TPSA) is 154 Å². The lowest BCUT2D eigenvalue weighted by Crippen LogP contribution is -2.26. The highest BCUT2D eigenvalue weighted by atomic mass is 32.2. The lowest BCUT2D eigenvalue weighted by atomic mass is 10.1. The van der Waals surface area contributed by atoms with Crippen molar-refractivity contribution in [2.45, 2.75) is 27.7 Å². The van der Waals surface area contributed by atoms with Gasteiger partial charge in [0.05, 0.1) is 26.7 Å². The number of hydrogen-bond donors (Lipinski definition) is 2. The van der Waals surface area contributed by atoms with E-state index in [-0.39, 0.29) is 22.9 Å². The average molecular weight is 619 g/mol. The lowest BCUT2D eigenvalue weighted by Gasteiger charge is -2.22. The lowest BCUT2D eigenvalue weighted by molar-refractivity contribution is 0.406. The first-order valence-corrected chi connectivity index (χ1v) is 16.2. The van der Waals surface area contributed by atoms with E-state index in [4.69, 9.17) is 18.9 Å². The van der Waals surface area contributed by atoms with Crippen LogP contribution in [0.1, 0.15) is 22.3 Å². The number of methoxy groups -OCH3 is 2. The molecule has 0 aliphatic carbocycles.